The van der Waals surface area contributed by atoms with Crippen molar-refractivity contribution in [2.24, 2.45) is 5.10 Å². The van der Waals surface area contributed by atoms with Gasteiger partial charge < -0.3 is 9.84 Å². The Kier molecular flexibility index (Phi) is 8.27. The van der Waals surface area contributed by atoms with Crippen molar-refractivity contribution < 1.29 is 19.4 Å². The highest BCUT2D eigenvalue weighted by atomic mass is 35.5. The number of thioether (sulfide) groups is 1. The number of carbonyl (C=O) groups is 2. The number of carbonyl (C=O) groups excluding carboxylic acids is 1. The minimum Gasteiger partial charge on any atom is -0.481 e. The van der Waals surface area contributed by atoms with Gasteiger partial charge in [0.15, 0.2) is 17.6 Å². The van der Waals surface area contributed by atoms with Gasteiger partial charge in [-0.15, -0.1) is 10.2 Å². The number of ether oxygens (including phenoxy) is 1. The van der Waals surface area contributed by atoms with Crippen LogP contribution in [0.3, 0.4) is 0 Å². The van der Waals surface area contributed by atoms with Crippen LogP contribution in [0.15, 0.2) is 83.3 Å². The van der Waals surface area contributed by atoms with E-state index in [9.17, 15) is 9.59 Å². The summed E-state index contributed by atoms with van der Waals surface area (Å²) in [4.78, 5) is 27.2. The number of hydrazone groups is 1. The van der Waals surface area contributed by atoms with E-state index < -0.39 is 12.6 Å². The first-order valence-electron chi connectivity index (χ1n) is 10.5. The quantitative estimate of drug-likeness (QED) is 0.183. The molecule has 2 aromatic carbocycles. The lowest BCUT2D eigenvalue weighted by molar-refractivity contribution is -0.139. The van der Waals surface area contributed by atoms with Crippen molar-refractivity contribution in [2.75, 3.05) is 12.4 Å². The third-order valence-corrected chi connectivity index (χ3v) is 5.83. The van der Waals surface area contributed by atoms with Gasteiger partial charge in [0.05, 0.1) is 12.0 Å². The van der Waals surface area contributed by atoms with Crippen LogP contribution >= 0.6 is 23.4 Å². The highest BCUT2D eigenvalue weighted by Crippen LogP contribution is 2.28. The van der Waals surface area contributed by atoms with Gasteiger partial charge in [-0.05, 0) is 48.5 Å². The lowest BCUT2D eigenvalue weighted by Gasteiger charge is -2.10. The topological polar surface area (TPSA) is 132 Å². The zero-order valence-corrected chi connectivity index (χ0v) is 20.2. The molecule has 0 aliphatic carbocycles. The summed E-state index contributed by atoms with van der Waals surface area (Å²) in [5.74, 6) is -0.496. The maximum absolute atomic E-state index is 12.4. The summed E-state index contributed by atoms with van der Waals surface area (Å²) in [6.07, 6.45) is 4.72. The fourth-order valence-corrected chi connectivity index (χ4v) is 3.94. The number of aliphatic carboxylic acids is 1. The van der Waals surface area contributed by atoms with Gasteiger partial charge in [0.25, 0.3) is 5.91 Å². The summed E-state index contributed by atoms with van der Waals surface area (Å²) in [7, 11) is 0. The van der Waals surface area contributed by atoms with Crippen molar-refractivity contribution in [3.8, 4) is 22.8 Å². The molecule has 4 aromatic rings. The molecule has 10 nitrogen and oxygen atoms in total. The maximum Gasteiger partial charge on any atom is 0.341 e. The zero-order valence-electron chi connectivity index (χ0n) is 18.6. The highest BCUT2D eigenvalue weighted by Gasteiger charge is 2.17. The van der Waals surface area contributed by atoms with Gasteiger partial charge in [0.2, 0.25) is 0 Å². The number of aromatic nitrogens is 4. The van der Waals surface area contributed by atoms with E-state index in [2.05, 4.69) is 25.7 Å². The summed E-state index contributed by atoms with van der Waals surface area (Å²) in [5.41, 5.74) is 4.58. The predicted octanol–water partition coefficient (Wildman–Crippen LogP) is 3.69. The van der Waals surface area contributed by atoms with E-state index in [4.69, 9.17) is 21.4 Å². The van der Waals surface area contributed by atoms with Gasteiger partial charge in [-0.2, -0.15) is 5.10 Å². The molecule has 2 heterocycles. The third kappa shape index (κ3) is 6.46. The number of rotatable bonds is 10. The van der Waals surface area contributed by atoms with Crippen LogP contribution in [0.5, 0.6) is 5.75 Å². The number of amides is 1. The number of nitrogens with one attached hydrogen (secondary N) is 1. The first kappa shape index (κ1) is 24.9. The molecule has 0 spiro atoms. The second-order valence-corrected chi connectivity index (χ2v) is 8.53. The summed E-state index contributed by atoms with van der Waals surface area (Å²) in [6.45, 7) is -0.483. The van der Waals surface area contributed by atoms with Crippen molar-refractivity contribution in [1.82, 2.24) is 25.2 Å². The van der Waals surface area contributed by atoms with Gasteiger partial charge in [-0.1, -0.05) is 35.5 Å². The van der Waals surface area contributed by atoms with Crippen LogP contribution in [0.2, 0.25) is 5.02 Å². The van der Waals surface area contributed by atoms with E-state index in [1.54, 1.807) is 48.8 Å². The number of benzene rings is 2. The summed E-state index contributed by atoms with van der Waals surface area (Å²) in [6, 6.07) is 17.6. The van der Waals surface area contributed by atoms with Crippen LogP contribution in [0.25, 0.3) is 17.1 Å². The average Bonchev–Trinajstić information content (AvgIpc) is 3.32. The molecule has 0 saturated heterocycles. The van der Waals surface area contributed by atoms with Crippen LogP contribution in [0.4, 0.5) is 0 Å². The van der Waals surface area contributed by atoms with E-state index in [1.807, 2.05) is 28.8 Å². The molecule has 0 aliphatic heterocycles. The minimum atomic E-state index is -1.09. The number of carboxylic acid groups (broad SMARTS) is 1. The Hall–Kier alpha value is -4.22. The predicted molar refractivity (Wildman–Crippen MR) is 136 cm³/mol. The van der Waals surface area contributed by atoms with Gasteiger partial charge in [-0.25, -0.2) is 10.2 Å². The number of halogens is 1. The molecule has 2 aromatic heterocycles. The molecular formula is C24H19ClN6O4S. The molecule has 36 heavy (non-hydrogen) atoms. The van der Waals surface area contributed by atoms with Crippen molar-refractivity contribution in [1.29, 1.82) is 0 Å². The Morgan fingerprint density at radius 2 is 1.83 bits per heavy atom. The molecule has 0 fully saturated rings. The lowest BCUT2D eigenvalue weighted by Crippen LogP contribution is -2.20. The Balaban J connectivity index is 1.45. The van der Waals surface area contributed by atoms with E-state index in [1.165, 1.54) is 18.0 Å². The molecule has 0 atom stereocenters. The Labute approximate surface area is 215 Å². The molecule has 0 unspecified atom stereocenters. The monoisotopic (exact) mass is 522 g/mol. The molecule has 1 amide bonds. The Bertz CT molecular complexity index is 1380. The molecular weight excluding hydrogens is 504 g/mol. The largest absolute Gasteiger partial charge is 0.481 e. The van der Waals surface area contributed by atoms with Crippen LogP contribution in [-0.4, -0.2) is 55.3 Å². The number of pyridine rings is 1. The van der Waals surface area contributed by atoms with Gasteiger partial charge >= 0.3 is 5.97 Å². The number of hydrogen-bond acceptors (Lipinski definition) is 8. The van der Waals surface area contributed by atoms with Crippen LogP contribution in [-0.2, 0) is 9.59 Å². The van der Waals surface area contributed by atoms with E-state index in [0.29, 0.717) is 27.3 Å². The van der Waals surface area contributed by atoms with Crippen molar-refractivity contribution >= 4 is 41.5 Å². The normalized spacial score (nSPS) is 10.9. The molecule has 0 bridgehead atoms. The number of carboxylic acids is 1. The number of para-hydroxylation sites is 1. The number of nitrogens with zero attached hydrogens (tertiary/aromatic N) is 5. The Morgan fingerprint density at radius 3 is 2.58 bits per heavy atom. The second-order valence-electron chi connectivity index (χ2n) is 7.16. The summed E-state index contributed by atoms with van der Waals surface area (Å²) in [5, 5.41) is 22.5. The first-order valence-corrected chi connectivity index (χ1v) is 11.9. The molecule has 182 valence electrons. The van der Waals surface area contributed by atoms with E-state index in [0.717, 1.165) is 11.3 Å². The van der Waals surface area contributed by atoms with Gasteiger partial charge in [-0.3, -0.25) is 14.3 Å². The van der Waals surface area contributed by atoms with Gasteiger partial charge in [0.1, 0.15) is 5.75 Å². The van der Waals surface area contributed by atoms with Crippen molar-refractivity contribution in [2.45, 2.75) is 5.16 Å². The fraction of sp³-hybridized carbons (Fsp3) is 0.0833. The standard InChI is InChI=1S/C24H19ClN6O4S/c25-18-5-7-19(8-6-18)31-23(16-9-11-26-12-10-16)29-30-24(31)36-15-21(32)28-27-13-17-3-1-2-4-20(17)35-14-22(33)34/h1-13H,14-15H2,(H,28,32)(H,33,34)/b27-13+. The van der Waals surface area contributed by atoms with Crippen LogP contribution < -0.4 is 10.2 Å². The van der Waals surface area contributed by atoms with Crippen LogP contribution in [0, 0.1) is 0 Å². The summed E-state index contributed by atoms with van der Waals surface area (Å²) < 4.78 is 7.06. The van der Waals surface area contributed by atoms with Crippen LogP contribution in [0.1, 0.15) is 5.56 Å². The van der Waals surface area contributed by atoms with Gasteiger partial charge in [0, 0.05) is 34.2 Å². The smallest absolute Gasteiger partial charge is 0.341 e. The SMILES string of the molecule is O=C(O)COc1ccccc1/C=N/NC(=O)CSc1nnc(-c2ccncc2)n1-c1ccc(Cl)cc1. The van der Waals surface area contributed by atoms with E-state index in [-0.39, 0.29) is 11.7 Å². The van der Waals surface area contributed by atoms with Crippen molar-refractivity contribution in [3.63, 3.8) is 0 Å². The second kappa shape index (κ2) is 12.0. The zero-order chi connectivity index (χ0) is 25.3. The average molecular weight is 523 g/mol. The van der Waals surface area contributed by atoms with Crippen molar-refractivity contribution in [3.05, 3.63) is 83.6 Å². The molecule has 2 N–H and O–H groups in total. The number of hydrogen-bond donors (Lipinski definition) is 2. The first-order chi connectivity index (χ1) is 17.5. The Morgan fingerprint density at radius 1 is 1.08 bits per heavy atom. The molecule has 0 radical (unpaired) electrons. The molecule has 12 heteroatoms. The molecule has 4 rings (SSSR count). The fourth-order valence-electron chi connectivity index (χ4n) is 3.07. The maximum atomic E-state index is 12.4. The van der Waals surface area contributed by atoms with E-state index >= 15 is 0 Å². The third-order valence-electron chi connectivity index (χ3n) is 4.65. The minimum absolute atomic E-state index is 0.0244. The highest BCUT2D eigenvalue weighted by molar-refractivity contribution is 7.99. The summed E-state index contributed by atoms with van der Waals surface area (Å²) >= 11 is 7.25. The molecule has 0 aliphatic rings. The molecule has 0 saturated carbocycles. The lowest BCUT2D eigenvalue weighted by atomic mass is 10.2.